The van der Waals surface area contributed by atoms with Crippen molar-refractivity contribution >= 4 is 28.7 Å². The Morgan fingerprint density at radius 3 is 2.49 bits per heavy atom. The molecule has 37 heavy (non-hydrogen) atoms. The Labute approximate surface area is 218 Å². The first-order chi connectivity index (χ1) is 17.7. The number of benzene rings is 2. The SMILES string of the molecule is CC(C)(C)OC(=O)NCc1cccc(CN(CC2CCCCC2)C(=O)C(=O)c2c[nH]c3ccccc23)c1. The van der Waals surface area contributed by atoms with Crippen molar-refractivity contribution in [2.45, 2.75) is 71.6 Å². The molecule has 2 N–H and O–H groups in total. The Hall–Kier alpha value is -3.61. The number of hydrogen-bond donors (Lipinski definition) is 2. The van der Waals surface area contributed by atoms with Crippen LogP contribution < -0.4 is 5.32 Å². The lowest BCUT2D eigenvalue weighted by molar-refractivity contribution is -0.127. The summed E-state index contributed by atoms with van der Waals surface area (Å²) in [7, 11) is 0. The van der Waals surface area contributed by atoms with Gasteiger partial charge in [0.1, 0.15) is 5.60 Å². The van der Waals surface area contributed by atoms with E-state index < -0.39 is 23.4 Å². The predicted octanol–water partition coefficient (Wildman–Crippen LogP) is 5.98. The lowest BCUT2D eigenvalue weighted by atomic mass is 9.88. The molecule has 1 fully saturated rings. The van der Waals surface area contributed by atoms with Gasteiger partial charge in [-0.15, -0.1) is 0 Å². The van der Waals surface area contributed by atoms with Crippen LogP contribution in [-0.4, -0.2) is 39.8 Å². The van der Waals surface area contributed by atoms with Gasteiger partial charge in [0.05, 0.1) is 5.56 Å². The highest BCUT2D eigenvalue weighted by molar-refractivity contribution is 6.44. The molecular weight excluding hydrogens is 466 g/mol. The number of carbonyl (C=O) groups excluding carboxylic acids is 3. The number of aromatic nitrogens is 1. The largest absolute Gasteiger partial charge is 0.444 e. The third kappa shape index (κ3) is 7.21. The first-order valence-electron chi connectivity index (χ1n) is 13.1. The summed E-state index contributed by atoms with van der Waals surface area (Å²) >= 11 is 0. The molecule has 1 aromatic heterocycles. The summed E-state index contributed by atoms with van der Waals surface area (Å²) in [4.78, 5) is 43.8. The summed E-state index contributed by atoms with van der Waals surface area (Å²) in [6.45, 7) is 6.68. The number of rotatable bonds is 8. The third-order valence-corrected chi connectivity index (χ3v) is 6.72. The van der Waals surface area contributed by atoms with Gasteiger partial charge in [-0.1, -0.05) is 61.7 Å². The van der Waals surface area contributed by atoms with Gasteiger partial charge in [0, 0.05) is 36.7 Å². The molecule has 1 heterocycles. The minimum Gasteiger partial charge on any atom is -0.444 e. The average molecular weight is 504 g/mol. The minimum absolute atomic E-state index is 0.313. The van der Waals surface area contributed by atoms with Crippen LogP contribution in [0, 0.1) is 5.92 Å². The second-order valence-corrected chi connectivity index (χ2v) is 10.9. The molecule has 7 nitrogen and oxygen atoms in total. The second-order valence-electron chi connectivity index (χ2n) is 10.9. The van der Waals surface area contributed by atoms with Gasteiger partial charge in [0.2, 0.25) is 0 Å². The number of hydrogen-bond acceptors (Lipinski definition) is 4. The Bertz CT molecular complexity index is 1250. The number of ketones is 1. The molecule has 1 aliphatic carbocycles. The van der Waals surface area contributed by atoms with E-state index in [0.717, 1.165) is 47.7 Å². The molecule has 0 radical (unpaired) electrons. The fraction of sp³-hybridized carbons (Fsp3) is 0.433. The number of nitrogens with zero attached hydrogens (tertiary/aromatic N) is 1. The van der Waals surface area contributed by atoms with Crippen LogP contribution >= 0.6 is 0 Å². The van der Waals surface area contributed by atoms with E-state index in [4.69, 9.17) is 4.74 Å². The van der Waals surface area contributed by atoms with E-state index in [1.807, 2.05) is 69.3 Å². The van der Waals surface area contributed by atoms with Crippen LogP contribution in [0.4, 0.5) is 4.79 Å². The number of amides is 2. The van der Waals surface area contributed by atoms with E-state index >= 15 is 0 Å². The Morgan fingerprint density at radius 1 is 1.00 bits per heavy atom. The summed E-state index contributed by atoms with van der Waals surface area (Å²) in [5, 5.41) is 3.54. The molecule has 196 valence electrons. The van der Waals surface area contributed by atoms with Crippen molar-refractivity contribution in [3.8, 4) is 0 Å². The average Bonchev–Trinajstić information content (AvgIpc) is 3.30. The second kappa shape index (κ2) is 11.6. The first kappa shape index (κ1) is 26.5. The van der Waals surface area contributed by atoms with E-state index in [2.05, 4.69) is 10.3 Å². The first-order valence-corrected chi connectivity index (χ1v) is 13.1. The van der Waals surface area contributed by atoms with Crippen molar-refractivity contribution in [1.82, 2.24) is 15.2 Å². The number of ether oxygens (including phenoxy) is 1. The summed E-state index contributed by atoms with van der Waals surface area (Å²) < 4.78 is 5.32. The summed E-state index contributed by atoms with van der Waals surface area (Å²) in [6, 6.07) is 15.3. The van der Waals surface area contributed by atoms with Gasteiger partial charge in [0.15, 0.2) is 0 Å². The molecule has 4 rings (SSSR count). The zero-order valence-corrected chi connectivity index (χ0v) is 22.0. The maximum atomic E-state index is 13.6. The van der Waals surface area contributed by atoms with E-state index in [1.165, 1.54) is 6.42 Å². The van der Waals surface area contributed by atoms with E-state index in [1.54, 1.807) is 11.1 Å². The molecule has 3 aromatic rings. The fourth-order valence-electron chi connectivity index (χ4n) is 4.97. The topological polar surface area (TPSA) is 91.5 Å². The Kier molecular flexibility index (Phi) is 8.31. The predicted molar refractivity (Wildman–Crippen MR) is 144 cm³/mol. The van der Waals surface area contributed by atoms with Crippen LogP contribution in [0.2, 0.25) is 0 Å². The number of para-hydroxylation sites is 1. The van der Waals surface area contributed by atoms with Gasteiger partial charge in [-0.25, -0.2) is 4.79 Å². The molecule has 1 aliphatic rings. The lowest BCUT2D eigenvalue weighted by Crippen LogP contribution is -2.39. The van der Waals surface area contributed by atoms with Crippen LogP contribution in [0.5, 0.6) is 0 Å². The van der Waals surface area contributed by atoms with Crippen molar-refractivity contribution in [2.24, 2.45) is 5.92 Å². The van der Waals surface area contributed by atoms with Gasteiger partial charge < -0.3 is 19.9 Å². The monoisotopic (exact) mass is 503 g/mol. The molecule has 0 unspecified atom stereocenters. The van der Waals surface area contributed by atoms with E-state index in [0.29, 0.717) is 31.1 Å². The van der Waals surface area contributed by atoms with E-state index in [-0.39, 0.29) is 0 Å². The zero-order valence-electron chi connectivity index (χ0n) is 22.0. The quantitative estimate of drug-likeness (QED) is 0.292. The number of aromatic amines is 1. The third-order valence-electron chi connectivity index (χ3n) is 6.72. The number of alkyl carbamates (subject to hydrolysis) is 1. The molecular formula is C30H37N3O4. The molecule has 2 aromatic carbocycles. The van der Waals surface area contributed by atoms with Crippen molar-refractivity contribution in [3.63, 3.8) is 0 Å². The van der Waals surface area contributed by atoms with Crippen LogP contribution in [0.25, 0.3) is 10.9 Å². The standard InChI is InChI=1S/C30H37N3O4/c1-30(2,3)37-29(36)32-17-22-12-9-13-23(16-22)20-33(19-21-10-5-4-6-11-21)28(35)27(34)25-18-31-26-15-8-7-14-24(25)26/h7-9,12-16,18,21,31H,4-6,10-11,17,19-20H2,1-3H3,(H,32,36). The lowest BCUT2D eigenvalue weighted by Gasteiger charge is -2.29. The Balaban J connectivity index is 1.50. The molecule has 0 saturated heterocycles. The minimum atomic E-state index is -0.566. The highest BCUT2D eigenvalue weighted by atomic mass is 16.6. The molecule has 0 aliphatic heterocycles. The van der Waals surface area contributed by atoms with Crippen LogP contribution in [0.15, 0.2) is 54.7 Å². The molecule has 0 bridgehead atoms. The normalized spacial score (nSPS) is 14.4. The van der Waals surface area contributed by atoms with E-state index in [9.17, 15) is 14.4 Å². The Morgan fingerprint density at radius 2 is 1.73 bits per heavy atom. The highest BCUT2D eigenvalue weighted by Crippen LogP contribution is 2.26. The highest BCUT2D eigenvalue weighted by Gasteiger charge is 2.28. The smallest absolute Gasteiger partial charge is 0.407 e. The van der Waals surface area contributed by atoms with Gasteiger partial charge in [-0.3, -0.25) is 9.59 Å². The number of H-pyrrole nitrogens is 1. The maximum Gasteiger partial charge on any atom is 0.407 e. The molecule has 0 spiro atoms. The summed E-state index contributed by atoms with van der Waals surface area (Å²) in [6.07, 6.45) is 6.86. The number of fused-ring (bicyclic) bond motifs is 1. The van der Waals surface area contributed by atoms with Gasteiger partial charge in [0.25, 0.3) is 11.7 Å². The maximum absolute atomic E-state index is 13.6. The summed E-state index contributed by atoms with van der Waals surface area (Å²) in [5.41, 5.74) is 2.49. The fourth-order valence-corrected chi connectivity index (χ4v) is 4.97. The van der Waals surface area contributed by atoms with Crippen molar-refractivity contribution in [2.75, 3.05) is 6.54 Å². The van der Waals surface area contributed by atoms with Crippen LogP contribution in [-0.2, 0) is 22.6 Å². The molecule has 7 heteroatoms. The van der Waals surface area contributed by atoms with Crippen molar-refractivity contribution < 1.29 is 19.1 Å². The van der Waals surface area contributed by atoms with Crippen molar-refractivity contribution in [3.05, 3.63) is 71.4 Å². The van der Waals surface area contributed by atoms with Crippen molar-refractivity contribution in [1.29, 1.82) is 0 Å². The van der Waals surface area contributed by atoms with Gasteiger partial charge in [-0.05, 0) is 56.7 Å². The molecule has 1 saturated carbocycles. The molecule has 2 amide bonds. The van der Waals surface area contributed by atoms with Crippen LogP contribution in [0.1, 0.15) is 74.4 Å². The molecule has 0 atom stereocenters. The van der Waals surface area contributed by atoms with Gasteiger partial charge >= 0.3 is 6.09 Å². The number of carbonyl (C=O) groups is 3. The number of nitrogens with one attached hydrogen (secondary N) is 2. The zero-order chi connectivity index (χ0) is 26.4. The number of Topliss-reactive ketones (excluding diaryl/α,β-unsaturated/α-hetero) is 1. The summed E-state index contributed by atoms with van der Waals surface area (Å²) in [5.74, 6) is -0.575. The van der Waals surface area contributed by atoms with Gasteiger partial charge in [-0.2, -0.15) is 0 Å². The van der Waals surface area contributed by atoms with Crippen LogP contribution in [0.3, 0.4) is 0 Å².